The first-order valence-electron chi connectivity index (χ1n) is 8.20. The van der Waals surface area contributed by atoms with Crippen LogP contribution in [0.3, 0.4) is 0 Å². The summed E-state index contributed by atoms with van der Waals surface area (Å²) in [7, 11) is 0. The topological polar surface area (TPSA) is 190 Å². The smallest absolute Gasteiger partial charge is 0.269 e. The second kappa shape index (κ2) is 8.97. The highest BCUT2D eigenvalue weighted by Gasteiger charge is 2.46. The van der Waals surface area contributed by atoms with E-state index in [4.69, 9.17) is 21.9 Å². The highest BCUT2D eigenvalue weighted by Crippen LogP contribution is 2.24. The van der Waals surface area contributed by atoms with Crippen molar-refractivity contribution in [2.45, 2.75) is 43.7 Å². The SMILES string of the molecule is NC(N)=NCCCCNC1[NH+]=C(N)C=CN1[C@@H]1O[C@H](CO)[C@@H](O)[C@H]1O. The summed E-state index contributed by atoms with van der Waals surface area (Å²) in [5, 5.41) is 32.6. The molecule has 1 saturated heterocycles. The van der Waals surface area contributed by atoms with Gasteiger partial charge in [0.1, 0.15) is 18.3 Å². The van der Waals surface area contributed by atoms with Gasteiger partial charge in [-0.15, -0.1) is 0 Å². The van der Waals surface area contributed by atoms with Crippen LogP contribution in [0.2, 0.25) is 0 Å². The first-order chi connectivity index (χ1) is 11.9. The lowest BCUT2D eigenvalue weighted by molar-refractivity contribution is -0.547. The average Bonchev–Trinajstić information content (AvgIpc) is 2.86. The van der Waals surface area contributed by atoms with Crippen molar-refractivity contribution in [2.24, 2.45) is 22.2 Å². The number of nitrogens with two attached hydrogens (primary N) is 3. The molecule has 0 aliphatic carbocycles. The summed E-state index contributed by atoms with van der Waals surface area (Å²) in [5.41, 5.74) is 16.3. The van der Waals surface area contributed by atoms with Crippen LogP contribution < -0.4 is 27.5 Å². The highest BCUT2D eigenvalue weighted by atomic mass is 16.6. The Morgan fingerprint density at radius 1 is 1.32 bits per heavy atom. The Labute approximate surface area is 145 Å². The van der Waals surface area contributed by atoms with Crippen molar-refractivity contribution in [1.29, 1.82) is 0 Å². The van der Waals surface area contributed by atoms with Crippen LogP contribution in [0.15, 0.2) is 17.3 Å². The fraction of sp³-hybridized carbons (Fsp3) is 0.714. The number of hydrogen-bond donors (Lipinski definition) is 8. The first-order valence-corrected chi connectivity index (χ1v) is 8.20. The van der Waals surface area contributed by atoms with Crippen molar-refractivity contribution < 1.29 is 25.0 Å². The summed E-state index contributed by atoms with van der Waals surface area (Å²) in [4.78, 5) is 8.63. The summed E-state index contributed by atoms with van der Waals surface area (Å²) in [6.45, 7) is 0.815. The Morgan fingerprint density at radius 3 is 2.72 bits per heavy atom. The molecule has 1 unspecified atom stereocenters. The van der Waals surface area contributed by atoms with Crippen LogP contribution in [0.4, 0.5) is 0 Å². The number of hydrogen-bond acceptors (Lipinski definition) is 8. The Kier molecular flexibility index (Phi) is 6.96. The minimum Gasteiger partial charge on any atom is -0.394 e. The van der Waals surface area contributed by atoms with Gasteiger partial charge in [-0.25, -0.2) is 4.99 Å². The van der Waals surface area contributed by atoms with Crippen LogP contribution in [-0.4, -0.2) is 82.5 Å². The Balaban J connectivity index is 1.91. The van der Waals surface area contributed by atoms with Gasteiger partial charge in [-0.05, 0) is 12.8 Å². The Morgan fingerprint density at radius 2 is 2.08 bits per heavy atom. The third-order valence-corrected chi connectivity index (χ3v) is 4.06. The lowest BCUT2D eigenvalue weighted by atomic mass is 10.1. The molecule has 0 aromatic rings. The molecule has 25 heavy (non-hydrogen) atoms. The van der Waals surface area contributed by atoms with Crippen molar-refractivity contribution in [2.75, 3.05) is 19.7 Å². The third kappa shape index (κ3) is 5.03. The molecule has 2 aliphatic heterocycles. The second-order valence-electron chi connectivity index (χ2n) is 5.96. The highest BCUT2D eigenvalue weighted by molar-refractivity contribution is 5.86. The van der Waals surface area contributed by atoms with E-state index < -0.39 is 30.8 Å². The average molecular weight is 358 g/mol. The van der Waals surface area contributed by atoms with E-state index in [0.29, 0.717) is 18.9 Å². The maximum Gasteiger partial charge on any atom is 0.269 e. The van der Waals surface area contributed by atoms with Crippen molar-refractivity contribution in [3.8, 4) is 0 Å². The predicted octanol–water partition coefficient (Wildman–Crippen LogP) is -5.38. The maximum atomic E-state index is 10.2. The van der Waals surface area contributed by atoms with Gasteiger partial charge in [-0.2, -0.15) is 0 Å². The molecule has 0 aromatic heterocycles. The fourth-order valence-corrected chi connectivity index (χ4v) is 2.73. The second-order valence-corrected chi connectivity index (χ2v) is 5.96. The zero-order chi connectivity index (χ0) is 18.4. The molecular formula is C14H28N7O4+. The fourth-order valence-electron chi connectivity index (χ4n) is 2.73. The molecule has 0 bridgehead atoms. The predicted molar refractivity (Wildman–Crippen MR) is 90.6 cm³/mol. The summed E-state index contributed by atoms with van der Waals surface area (Å²) in [5.74, 6) is 0.533. The number of aliphatic imine (C=N–C) groups is 1. The van der Waals surface area contributed by atoms with E-state index in [9.17, 15) is 15.3 Å². The molecule has 1 fully saturated rings. The van der Waals surface area contributed by atoms with Crippen LogP contribution in [0.5, 0.6) is 0 Å². The molecule has 0 amide bonds. The van der Waals surface area contributed by atoms with Crippen LogP contribution in [-0.2, 0) is 4.74 Å². The quantitative estimate of drug-likeness (QED) is 0.119. The lowest BCUT2D eigenvalue weighted by Crippen LogP contribution is -2.91. The number of amidine groups is 1. The number of guanidine groups is 1. The van der Waals surface area contributed by atoms with Crippen LogP contribution >= 0.6 is 0 Å². The van der Waals surface area contributed by atoms with Gasteiger partial charge in [0.2, 0.25) is 6.29 Å². The molecule has 5 atom stereocenters. The summed E-state index contributed by atoms with van der Waals surface area (Å²) >= 11 is 0. The van der Waals surface area contributed by atoms with Gasteiger partial charge in [0, 0.05) is 25.4 Å². The van der Waals surface area contributed by atoms with E-state index in [1.54, 1.807) is 17.2 Å². The number of unbranched alkanes of at least 4 members (excludes halogenated alkanes) is 1. The number of aliphatic hydroxyl groups excluding tert-OH is 3. The number of ether oxygens (including phenoxy) is 1. The number of nitrogens with zero attached hydrogens (tertiary/aromatic N) is 2. The molecule has 142 valence electrons. The van der Waals surface area contributed by atoms with Crippen molar-refractivity contribution in [3.05, 3.63) is 12.3 Å². The molecule has 0 radical (unpaired) electrons. The Hall–Kier alpha value is -1.92. The summed E-state index contributed by atoms with van der Waals surface area (Å²) in [6.07, 6.45) is 0.524. The number of aliphatic hydroxyl groups is 3. The number of nitrogens with one attached hydrogen (secondary N) is 2. The minimum atomic E-state index is -1.16. The zero-order valence-corrected chi connectivity index (χ0v) is 14.0. The number of rotatable bonds is 8. The zero-order valence-electron chi connectivity index (χ0n) is 14.0. The standard InChI is InChI=1S/C14H27N7O4/c15-9-3-6-21(12-11(24)10(23)8(7-22)25-12)14(20-9)19-5-2-1-4-18-13(16)17/h3,6,8,10-12,14,19,22-24H,1-2,4-5,7H2,(H2,15,20)(H4,16,17,18)/p+1/t8-,10-,11-,12-,14?/m1/s1. The first kappa shape index (κ1) is 19.4. The van der Waals surface area contributed by atoms with Gasteiger partial charge in [-0.1, -0.05) is 0 Å². The van der Waals surface area contributed by atoms with Gasteiger partial charge in [0.05, 0.1) is 6.61 Å². The van der Waals surface area contributed by atoms with Gasteiger partial charge in [0.25, 0.3) is 5.84 Å². The molecule has 2 heterocycles. The molecule has 0 saturated carbocycles. The van der Waals surface area contributed by atoms with Crippen molar-refractivity contribution in [3.63, 3.8) is 0 Å². The van der Waals surface area contributed by atoms with Crippen LogP contribution in [0.25, 0.3) is 0 Å². The van der Waals surface area contributed by atoms with Gasteiger partial charge in [0.15, 0.2) is 12.2 Å². The third-order valence-electron chi connectivity index (χ3n) is 4.06. The molecule has 2 rings (SSSR count). The molecule has 11 heteroatoms. The van der Waals surface area contributed by atoms with E-state index in [-0.39, 0.29) is 12.6 Å². The lowest BCUT2D eigenvalue weighted by Gasteiger charge is -2.34. The molecule has 0 spiro atoms. The maximum absolute atomic E-state index is 10.2. The summed E-state index contributed by atoms with van der Waals surface area (Å²) < 4.78 is 5.56. The van der Waals surface area contributed by atoms with E-state index in [0.717, 1.165) is 12.8 Å². The van der Waals surface area contributed by atoms with Crippen LogP contribution in [0, 0.1) is 0 Å². The summed E-state index contributed by atoms with van der Waals surface area (Å²) in [6, 6.07) is 0. The largest absolute Gasteiger partial charge is 0.394 e. The normalized spacial score (nSPS) is 31.9. The molecule has 11 N–H and O–H groups in total. The van der Waals surface area contributed by atoms with Crippen molar-refractivity contribution >= 4 is 11.8 Å². The van der Waals surface area contributed by atoms with Gasteiger partial charge in [-0.3, -0.25) is 20.9 Å². The minimum absolute atomic E-state index is 0.0740. The van der Waals surface area contributed by atoms with E-state index in [1.165, 1.54) is 0 Å². The van der Waals surface area contributed by atoms with E-state index >= 15 is 0 Å². The van der Waals surface area contributed by atoms with Gasteiger partial charge >= 0.3 is 0 Å². The Bertz CT molecular complexity index is 523. The monoisotopic (exact) mass is 358 g/mol. The van der Waals surface area contributed by atoms with Crippen molar-refractivity contribution in [1.82, 2.24) is 10.2 Å². The molecular weight excluding hydrogens is 330 g/mol. The van der Waals surface area contributed by atoms with E-state index in [1.807, 2.05) is 0 Å². The molecule has 0 aromatic carbocycles. The molecule has 11 nitrogen and oxygen atoms in total. The molecule has 2 aliphatic rings. The van der Waals surface area contributed by atoms with E-state index in [2.05, 4.69) is 15.3 Å². The van der Waals surface area contributed by atoms with Gasteiger partial charge < -0.3 is 31.5 Å². The van der Waals surface area contributed by atoms with Crippen LogP contribution in [0.1, 0.15) is 12.8 Å².